The van der Waals surface area contributed by atoms with Gasteiger partial charge in [-0.05, 0) is 38.5 Å². The molecular weight excluding hydrogens is 746 g/mol. The summed E-state index contributed by atoms with van der Waals surface area (Å²) in [5.74, 6) is -2.03. The van der Waals surface area contributed by atoms with E-state index in [1.54, 1.807) is 6.92 Å². The molecule has 1 aliphatic heterocycles. The summed E-state index contributed by atoms with van der Waals surface area (Å²) in [6.45, 7) is 11.0. The fourth-order valence-corrected chi connectivity index (χ4v) is 6.48. The number of ketones is 3. The SMILES string of the molecule is CCCC(=O)CCC(CCC(=O)CCC)(CCC(=O)CCCOCCOCCOCCOC1O[C@H](COC(C)=O)[C@H](C)[C@H](OC(C)=O)[C@H]1NC(C)=O)NC(=O)CN. The molecule has 1 unspecified atom stereocenters. The van der Waals surface area contributed by atoms with E-state index < -0.39 is 47.9 Å². The molecule has 17 nitrogen and oxygen atoms in total. The monoisotopic (exact) mass is 815 g/mol. The van der Waals surface area contributed by atoms with Gasteiger partial charge in [-0.1, -0.05) is 20.8 Å². The van der Waals surface area contributed by atoms with Crippen LogP contribution in [0.2, 0.25) is 0 Å². The van der Waals surface area contributed by atoms with Gasteiger partial charge in [-0.3, -0.25) is 33.6 Å². The van der Waals surface area contributed by atoms with Gasteiger partial charge in [0.15, 0.2) is 6.29 Å². The summed E-state index contributed by atoms with van der Waals surface area (Å²) in [4.78, 5) is 85.3. The zero-order valence-electron chi connectivity index (χ0n) is 35.0. The Morgan fingerprint density at radius 1 is 0.684 bits per heavy atom. The molecule has 0 saturated carbocycles. The number of amides is 2. The van der Waals surface area contributed by atoms with E-state index in [-0.39, 0.29) is 87.8 Å². The molecule has 1 heterocycles. The van der Waals surface area contributed by atoms with Crippen molar-refractivity contribution < 1.29 is 66.7 Å². The highest BCUT2D eigenvalue weighted by atomic mass is 16.7. The van der Waals surface area contributed by atoms with Crippen LogP contribution in [0.5, 0.6) is 0 Å². The van der Waals surface area contributed by atoms with Crippen molar-refractivity contribution in [2.45, 2.75) is 149 Å². The maximum Gasteiger partial charge on any atom is 0.302 e. The lowest BCUT2D eigenvalue weighted by atomic mass is 9.81. The smallest absolute Gasteiger partial charge is 0.302 e. The maximum atomic E-state index is 12.9. The summed E-state index contributed by atoms with van der Waals surface area (Å²) in [6, 6.07) is -0.803. The highest BCUT2D eigenvalue weighted by molar-refractivity contribution is 5.82. The van der Waals surface area contributed by atoms with Gasteiger partial charge >= 0.3 is 11.9 Å². The molecule has 0 aromatic rings. The lowest BCUT2D eigenvalue weighted by molar-refractivity contribution is -0.262. The van der Waals surface area contributed by atoms with Gasteiger partial charge in [0.25, 0.3) is 0 Å². The predicted octanol–water partition coefficient (Wildman–Crippen LogP) is 2.66. The van der Waals surface area contributed by atoms with E-state index >= 15 is 0 Å². The van der Waals surface area contributed by atoms with Crippen LogP contribution in [0, 0.1) is 5.92 Å². The summed E-state index contributed by atoms with van der Waals surface area (Å²) in [6.07, 6.45) is 2.40. The Labute approximate surface area is 337 Å². The highest BCUT2D eigenvalue weighted by Gasteiger charge is 2.47. The average molecular weight is 816 g/mol. The number of esters is 2. The summed E-state index contributed by atoms with van der Waals surface area (Å²) in [7, 11) is 0. The van der Waals surface area contributed by atoms with Crippen molar-refractivity contribution >= 4 is 41.1 Å². The number of Topliss-reactive ketones (excluding diaryl/α,β-unsaturated/α-hetero) is 3. The van der Waals surface area contributed by atoms with E-state index in [9.17, 15) is 33.6 Å². The van der Waals surface area contributed by atoms with Crippen molar-refractivity contribution in [3.05, 3.63) is 0 Å². The lowest BCUT2D eigenvalue weighted by Gasteiger charge is -2.44. The van der Waals surface area contributed by atoms with E-state index in [1.807, 2.05) is 13.8 Å². The van der Waals surface area contributed by atoms with Crippen molar-refractivity contribution in [1.82, 2.24) is 10.6 Å². The topological polar surface area (TPSA) is 234 Å². The number of ether oxygens (including phenoxy) is 7. The first-order chi connectivity index (χ1) is 27.2. The van der Waals surface area contributed by atoms with Gasteiger partial charge in [0.2, 0.25) is 11.8 Å². The average Bonchev–Trinajstić information content (AvgIpc) is 3.15. The maximum absolute atomic E-state index is 12.9. The van der Waals surface area contributed by atoms with Gasteiger partial charge in [0.05, 0.1) is 46.2 Å². The van der Waals surface area contributed by atoms with Crippen LogP contribution in [0.15, 0.2) is 0 Å². The lowest BCUT2D eigenvalue weighted by Crippen LogP contribution is -2.63. The Morgan fingerprint density at radius 3 is 1.67 bits per heavy atom. The molecule has 328 valence electrons. The van der Waals surface area contributed by atoms with Gasteiger partial charge < -0.3 is 49.5 Å². The van der Waals surface area contributed by atoms with Crippen LogP contribution in [0.4, 0.5) is 0 Å². The minimum atomic E-state index is -1.00. The summed E-state index contributed by atoms with van der Waals surface area (Å²) in [5, 5.41) is 5.71. The largest absolute Gasteiger partial charge is 0.463 e. The van der Waals surface area contributed by atoms with E-state index in [0.29, 0.717) is 65.0 Å². The first-order valence-electron chi connectivity index (χ1n) is 20.3. The normalized spacial score (nSPS) is 19.4. The molecular formula is C40H69N3O14. The number of hydrogen-bond donors (Lipinski definition) is 3. The fourth-order valence-electron chi connectivity index (χ4n) is 6.48. The van der Waals surface area contributed by atoms with Crippen LogP contribution in [0.25, 0.3) is 0 Å². The van der Waals surface area contributed by atoms with Crippen LogP contribution >= 0.6 is 0 Å². The Kier molecular flexibility index (Phi) is 27.0. The van der Waals surface area contributed by atoms with E-state index in [4.69, 9.17) is 38.9 Å². The predicted molar refractivity (Wildman–Crippen MR) is 208 cm³/mol. The Bertz CT molecular complexity index is 1230. The Morgan fingerprint density at radius 2 is 1.19 bits per heavy atom. The minimum absolute atomic E-state index is 0.00314. The second kappa shape index (κ2) is 29.8. The Hall–Kier alpha value is -3.35. The second-order valence-electron chi connectivity index (χ2n) is 14.5. The number of rotatable bonds is 33. The molecule has 4 N–H and O–H groups in total. The fraction of sp³-hybridized carbons (Fsp3) is 0.825. The minimum Gasteiger partial charge on any atom is -0.463 e. The van der Waals surface area contributed by atoms with Crippen LogP contribution in [-0.4, -0.2) is 131 Å². The zero-order chi connectivity index (χ0) is 42.6. The Balaban J connectivity index is 2.43. The molecule has 1 fully saturated rings. The molecule has 5 atom stereocenters. The van der Waals surface area contributed by atoms with Crippen molar-refractivity contribution in [3.8, 4) is 0 Å². The van der Waals surface area contributed by atoms with Crippen LogP contribution in [0.1, 0.15) is 119 Å². The first kappa shape index (κ1) is 51.7. The zero-order valence-corrected chi connectivity index (χ0v) is 35.0. The van der Waals surface area contributed by atoms with E-state index in [1.165, 1.54) is 20.8 Å². The summed E-state index contributed by atoms with van der Waals surface area (Å²) in [5.41, 5.74) is 4.73. The first-order valence-corrected chi connectivity index (χ1v) is 20.3. The van der Waals surface area contributed by atoms with Gasteiger partial charge in [0, 0.05) is 77.4 Å². The van der Waals surface area contributed by atoms with E-state index in [2.05, 4.69) is 10.6 Å². The number of hydrogen-bond acceptors (Lipinski definition) is 15. The molecule has 17 heteroatoms. The molecule has 0 aromatic heterocycles. The molecule has 0 radical (unpaired) electrons. The van der Waals surface area contributed by atoms with Crippen LogP contribution in [0.3, 0.4) is 0 Å². The molecule has 1 aliphatic rings. The number of carbonyl (C=O) groups excluding carboxylic acids is 7. The van der Waals surface area contributed by atoms with Crippen molar-refractivity contribution in [2.75, 3.05) is 59.4 Å². The summed E-state index contributed by atoms with van der Waals surface area (Å²) < 4.78 is 39.3. The number of nitrogens with two attached hydrogens (primary N) is 1. The quantitative estimate of drug-likeness (QED) is 0.0638. The van der Waals surface area contributed by atoms with Crippen LogP contribution in [-0.2, 0) is 66.7 Å². The molecule has 0 bridgehead atoms. The van der Waals surface area contributed by atoms with Gasteiger partial charge in [0.1, 0.15) is 42.2 Å². The van der Waals surface area contributed by atoms with Crippen molar-refractivity contribution in [1.29, 1.82) is 0 Å². The number of nitrogens with one attached hydrogen (secondary N) is 2. The standard InChI is InChI=1S/C40H69N3O14/c1-7-10-32(47)13-16-40(43-36(50)26-41,17-14-33(48)11-8-2)18-15-34(49)12-9-19-51-20-21-52-22-23-53-24-25-54-39-37(42-29(4)44)38(56-31(6)46)28(3)35(57-39)27-55-30(5)45/h28,35,37-39H,7-27,41H2,1-6H3,(H,42,44)(H,43,50)/t28-,35+,37+,38-,39?/m0/s1. The van der Waals surface area contributed by atoms with E-state index in [0.717, 1.165) is 12.8 Å². The number of carbonyl (C=O) groups is 7. The third-order valence-corrected chi connectivity index (χ3v) is 9.48. The molecule has 1 saturated heterocycles. The molecule has 0 aromatic carbocycles. The third kappa shape index (κ3) is 23.0. The van der Waals surface area contributed by atoms with Gasteiger partial charge in [-0.15, -0.1) is 0 Å². The van der Waals surface area contributed by atoms with Crippen molar-refractivity contribution in [2.24, 2.45) is 11.7 Å². The van der Waals surface area contributed by atoms with Crippen LogP contribution < -0.4 is 16.4 Å². The van der Waals surface area contributed by atoms with Crippen molar-refractivity contribution in [3.63, 3.8) is 0 Å². The highest BCUT2D eigenvalue weighted by Crippen LogP contribution is 2.30. The van der Waals surface area contributed by atoms with Gasteiger partial charge in [-0.25, -0.2) is 0 Å². The third-order valence-electron chi connectivity index (χ3n) is 9.48. The molecule has 0 aliphatic carbocycles. The summed E-state index contributed by atoms with van der Waals surface area (Å²) >= 11 is 0. The van der Waals surface area contributed by atoms with Gasteiger partial charge in [-0.2, -0.15) is 0 Å². The molecule has 0 spiro atoms. The molecule has 1 rings (SSSR count). The second-order valence-corrected chi connectivity index (χ2v) is 14.5. The molecule has 2 amide bonds. The molecule has 57 heavy (non-hydrogen) atoms.